The molecule has 138 valence electrons. The number of hydrogen-bond donors (Lipinski definition) is 1. The Balaban J connectivity index is 1.61. The molecule has 0 aliphatic heterocycles. The first-order valence-electron chi connectivity index (χ1n) is 9.96. The largest absolute Gasteiger partial charge is 0.338 e. The molecule has 2 aliphatic rings. The molecule has 25 heavy (non-hydrogen) atoms. The highest BCUT2D eigenvalue weighted by Gasteiger charge is 2.43. The molecule has 2 aliphatic carbocycles. The van der Waals surface area contributed by atoms with Gasteiger partial charge in [0.25, 0.3) is 0 Å². The molecule has 0 aromatic heterocycles. The zero-order valence-corrected chi connectivity index (χ0v) is 16.1. The van der Waals surface area contributed by atoms with Gasteiger partial charge in [-0.05, 0) is 55.2 Å². The lowest BCUT2D eigenvalue weighted by molar-refractivity contribution is 0.142. The molecule has 0 saturated heterocycles. The Hall–Kier alpha value is -1.22. The number of nitrogens with one attached hydrogen (secondary N) is 1. The summed E-state index contributed by atoms with van der Waals surface area (Å²) in [5, 5.41) is 3.92. The molecule has 2 saturated carbocycles. The first-order chi connectivity index (χ1) is 12.2. The van der Waals surface area contributed by atoms with Crippen LogP contribution >= 0.6 is 11.6 Å². The van der Waals surface area contributed by atoms with Gasteiger partial charge in [-0.25, -0.2) is 4.79 Å². The molecule has 2 bridgehead atoms. The van der Waals surface area contributed by atoms with Crippen molar-refractivity contribution in [2.75, 3.05) is 6.54 Å². The van der Waals surface area contributed by atoms with Crippen LogP contribution in [0.2, 0.25) is 5.02 Å². The standard InChI is InChI=1S/C21H31ClN2O/c1-2-3-4-5-12-23-21(25)24(15-16-7-10-19(22)11-8-16)20-14-17-6-9-18(20)13-17/h7-8,10-11,17-18,20H,2-6,9,12-15H2,1H3,(H,23,25). The SMILES string of the molecule is CCCCCCNC(=O)N(Cc1ccc(Cl)cc1)C1CC2CCC1C2. The Kier molecular flexibility index (Phi) is 6.63. The van der Waals surface area contributed by atoms with E-state index in [0.717, 1.165) is 29.5 Å². The zero-order valence-electron chi connectivity index (χ0n) is 15.3. The minimum absolute atomic E-state index is 0.115. The van der Waals surface area contributed by atoms with Gasteiger partial charge in [-0.3, -0.25) is 0 Å². The molecule has 1 aromatic rings. The lowest BCUT2D eigenvalue weighted by atomic mass is 9.94. The predicted molar refractivity (Wildman–Crippen MR) is 104 cm³/mol. The van der Waals surface area contributed by atoms with Crippen molar-refractivity contribution >= 4 is 17.6 Å². The highest BCUT2D eigenvalue weighted by Crippen LogP contribution is 2.47. The van der Waals surface area contributed by atoms with Crippen molar-refractivity contribution < 1.29 is 4.79 Å². The summed E-state index contributed by atoms with van der Waals surface area (Å²) in [6, 6.07) is 8.43. The van der Waals surface area contributed by atoms with Crippen molar-refractivity contribution in [3.8, 4) is 0 Å². The van der Waals surface area contributed by atoms with Crippen LogP contribution in [0.1, 0.15) is 63.9 Å². The van der Waals surface area contributed by atoms with Crippen molar-refractivity contribution in [3.63, 3.8) is 0 Å². The Morgan fingerprint density at radius 3 is 2.60 bits per heavy atom. The van der Waals surface area contributed by atoms with Gasteiger partial charge in [0.15, 0.2) is 0 Å². The van der Waals surface area contributed by atoms with E-state index in [0.29, 0.717) is 18.5 Å². The lowest BCUT2D eigenvalue weighted by Crippen LogP contribution is -2.48. The molecule has 3 rings (SSSR count). The Morgan fingerprint density at radius 2 is 1.96 bits per heavy atom. The van der Waals surface area contributed by atoms with Crippen LogP contribution in [0.25, 0.3) is 0 Å². The van der Waals surface area contributed by atoms with Crippen LogP contribution in [0.4, 0.5) is 4.79 Å². The Morgan fingerprint density at radius 1 is 1.16 bits per heavy atom. The number of amides is 2. The summed E-state index contributed by atoms with van der Waals surface area (Å²) in [5.74, 6) is 1.53. The van der Waals surface area contributed by atoms with Gasteiger partial charge >= 0.3 is 6.03 Å². The molecule has 0 heterocycles. The van der Waals surface area contributed by atoms with Gasteiger partial charge < -0.3 is 10.2 Å². The number of fused-ring (bicyclic) bond motifs is 2. The van der Waals surface area contributed by atoms with E-state index in [1.165, 1.54) is 44.9 Å². The molecule has 3 nitrogen and oxygen atoms in total. The van der Waals surface area contributed by atoms with Crippen LogP contribution in [-0.4, -0.2) is 23.5 Å². The summed E-state index contributed by atoms with van der Waals surface area (Å²) < 4.78 is 0. The van der Waals surface area contributed by atoms with Gasteiger partial charge in [-0.15, -0.1) is 0 Å². The quantitative estimate of drug-likeness (QED) is 0.598. The summed E-state index contributed by atoms with van der Waals surface area (Å²) in [5.41, 5.74) is 1.16. The minimum atomic E-state index is 0.115. The molecular weight excluding hydrogens is 332 g/mol. The van der Waals surface area contributed by atoms with E-state index in [2.05, 4.69) is 17.1 Å². The van der Waals surface area contributed by atoms with Crippen LogP contribution in [0.15, 0.2) is 24.3 Å². The van der Waals surface area contributed by atoms with E-state index in [-0.39, 0.29) is 6.03 Å². The summed E-state index contributed by atoms with van der Waals surface area (Å²) in [7, 11) is 0. The number of carbonyl (C=O) groups is 1. The van der Waals surface area contributed by atoms with Crippen molar-refractivity contribution in [3.05, 3.63) is 34.9 Å². The molecule has 3 atom stereocenters. The molecule has 2 amide bonds. The number of benzene rings is 1. The number of rotatable bonds is 8. The first kappa shape index (κ1) is 18.6. The van der Waals surface area contributed by atoms with Crippen LogP contribution in [0.3, 0.4) is 0 Å². The smallest absolute Gasteiger partial charge is 0.317 e. The second-order valence-electron chi connectivity index (χ2n) is 7.79. The monoisotopic (exact) mass is 362 g/mol. The van der Waals surface area contributed by atoms with Crippen LogP contribution < -0.4 is 5.32 Å². The third-order valence-corrected chi connectivity index (χ3v) is 6.19. The fraction of sp³-hybridized carbons (Fsp3) is 0.667. The van der Waals surface area contributed by atoms with Gasteiger partial charge in [0.1, 0.15) is 0 Å². The van der Waals surface area contributed by atoms with E-state index >= 15 is 0 Å². The lowest BCUT2D eigenvalue weighted by Gasteiger charge is -2.35. The maximum atomic E-state index is 12.9. The van der Waals surface area contributed by atoms with Gasteiger partial charge in [-0.2, -0.15) is 0 Å². The highest BCUT2D eigenvalue weighted by atomic mass is 35.5. The van der Waals surface area contributed by atoms with Crippen molar-refractivity contribution in [2.24, 2.45) is 11.8 Å². The molecule has 1 N–H and O–H groups in total. The molecular formula is C21H31ClN2O. The third-order valence-electron chi connectivity index (χ3n) is 5.93. The average molecular weight is 363 g/mol. The number of urea groups is 1. The maximum absolute atomic E-state index is 12.9. The van der Waals surface area contributed by atoms with Crippen LogP contribution in [-0.2, 0) is 6.54 Å². The summed E-state index contributed by atoms with van der Waals surface area (Å²) in [6.07, 6.45) is 9.88. The molecule has 4 heteroatoms. The van der Waals surface area contributed by atoms with E-state index in [4.69, 9.17) is 11.6 Å². The maximum Gasteiger partial charge on any atom is 0.317 e. The number of unbranched alkanes of at least 4 members (excludes halogenated alkanes) is 3. The fourth-order valence-corrected chi connectivity index (χ4v) is 4.69. The zero-order chi connectivity index (χ0) is 17.6. The molecule has 0 spiro atoms. The molecule has 3 unspecified atom stereocenters. The number of halogens is 1. The van der Waals surface area contributed by atoms with E-state index in [9.17, 15) is 4.79 Å². The number of carbonyl (C=O) groups excluding carboxylic acids is 1. The van der Waals surface area contributed by atoms with E-state index < -0.39 is 0 Å². The summed E-state index contributed by atoms with van der Waals surface area (Å²) in [6.45, 7) is 3.68. The van der Waals surface area contributed by atoms with Crippen LogP contribution in [0.5, 0.6) is 0 Å². The topological polar surface area (TPSA) is 32.3 Å². The first-order valence-corrected chi connectivity index (χ1v) is 10.3. The summed E-state index contributed by atoms with van der Waals surface area (Å²) >= 11 is 6.01. The van der Waals surface area contributed by atoms with Gasteiger partial charge in [0.05, 0.1) is 0 Å². The van der Waals surface area contributed by atoms with Gasteiger partial charge in [0, 0.05) is 24.2 Å². The average Bonchev–Trinajstić information content (AvgIpc) is 3.24. The van der Waals surface area contributed by atoms with Gasteiger partial charge in [0.2, 0.25) is 0 Å². The molecule has 2 fully saturated rings. The molecule has 1 aromatic carbocycles. The number of nitrogens with zero attached hydrogens (tertiary/aromatic N) is 1. The second-order valence-corrected chi connectivity index (χ2v) is 8.23. The highest BCUT2D eigenvalue weighted by molar-refractivity contribution is 6.30. The minimum Gasteiger partial charge on any atom is -0.338 e. The number of hydrogen-bond acceptors (Lipinski definition) is 1. The normalized spacial score (nSPS) is 24.5. The van der Waals surface area contributed by atoms with Crippen LogP contribution in [0, 0.1) is 11.8 Å². The van der Waals surface area contributed by atoms with E-state index in [1.54, 1.807) is 0 Å². The van der Waals surface area contributed by atoms with Crippen molar-refractivity contribution in [1.29, 1.82) is 0 Å². The fourth-order valence-electron chi connectivity index (χ4n) is 4.57. The van der Waals surface area contributed by atoms with Gasteiger partial charge in [-0.1, -0.05) is 56.3 Å². The predicted octanol–water partition coefficient (Wildman–Crippen LogP) is 5.62. The Labute approximate surface area is 157 Å². The van der Waals surface area contributed by atoms with E-state index in [1.807, 2.05) is 24.3 Å². The molecule has 0 radical (unpaired) electrons. The van der Waals surface area contributed by atoms with Crippen molar-refractivity contribution in [1.82, 2.24) is 10.2 Å². The third kappa shape index (κ3) is 4.91. The Bertz CT molecular complexity index is 560. The second kappa shape index (κ2) is 8.93. The van der Waals surface area contributed by atoms with Crippen molar-refractivity contribution in [2.45, 2.75) is 70.9 Å². The summed E-state index contributed by atoms with van der Waals surface area (Å²) in [4.78, 5) is 15.0.